The Balaban J connectivity index is 3.42. The first kappa shape index (κ1) is 16.1. The molecule has 0 unspecified atom stereocenters. The fourth-order valence-electron chi connectivity index (χ4n) is 1.25. The minimum Gasteiger partial charge on any atom is -0.478 e. The van der Waals surface area contributed by atoms with Gasteiger partial charge in [-0.2, -0.15) is 0 Å². The second-order valence-electron chi connectivity index (χ2n) is 4.39. The molecule has 4 heteroatoms. The summed E-state index contributed by atoms with van der Waals surface area (Å²) in [6.45, 7) is 9.00. The van der Waals surface area contributed by atoms with Gasteiger partial charge in [-0.05, 0) is 18.8 Å². The predicted octanol–water partition coefficient (Wildman–Crippen LogP) is 2.06. The first-order valence-corrected chi connectivity index (χ1v) is 6.28. The van der Waals surface area contributed by atoms with E-state index >= 15 is 0 Å². The number of rotatable bonds is 10. The Hall–Kier alpha value is -0.870. The van der Waals surface area contributed by atoms with E-state index in [0.29, 0.717) is 31.1 Å². The third-order valence-corrected chi connectivity index (χ3v) is 2.41. The second kappa shape index (κ2) is 10.3. The smallest absolute Gasteiger partial charge is 0.331 e. The van der Waals surface area contributed by atoms with Gasteiger partial charge in [0.1, 0.15) is 0 Å². The number of carboxylic acid groups (broad SMARTS) is 1. The molecule has 17 heavy (non-hydrogen) atoms. The van der Waals surface area contributed by atoms with Crippen molar-refractivity contribution in [1.29, 1.82) is 0 Å². The number of aliphatic carboxylic acids is 1. The van der Waals surface area contributed by atoms with Gasteiger partial charge in [-0.3, -0.25) is 0 Å². The van der Waals surface area contributed by atoms with Crippen LogP contribution in [-0.4, -0.2) is 37.4 Å². The summed E-state index contributed by atoms with van der Waals surface area (Å²) in [6.07, 6.45) is 3.36. The number of carboxylic acids is 1. The Morgan fingerprint density at radius 1 is 1.41 bits per heavy atom. The largest absolute Gasteiger partial charge is 0.478 e. The van der Waals surface area contributed by atoms with E-state index in [0.717, 1.165) is 19.6 Å². The van der Waals surface area contributed by atoms with E-state index in [1.165, 1.54) is 0 Å². The summed E-state index contributed by atoms with van der Waals surface area (Å²) in [4.78, 5) is 10.7. The summed E-state index contributed by atoms with van der Waals surface area (Å²) in [6, 6.07) is 0. The molecule has 0 aliphatic rings. The Morgan fingerprint density at radius 3 is 2.65 bits per heavy atom. The molecular formula is C13H25NO3. The fraction of sp³-hybridized carbons (Fsp3) is 0.769. The Bertz CT molecular complexity index is 237. The summed E-state index contributed by atoms with van der Waals surface area (Å²) < 4.78 is 5.43. The van der Waals surface area contributed by atoms with Crippen LogP contribution in [0.3, 0.4) is 0 Å². The van der Waals surface area contributed by atoms with E-state index in [2.05, 4.69) is 19.2 Å². The average Bonchev–Trinajstić information content (AvgIpc) is 2.26. The highest BCUT2D eigenvalue weighted by molar-refractivity contribution is 5.86. The van der Waals surface area contributed by atoms with Gasteiger partial charge in [-0.1, -0.05) is 26.8 Å². The molecule has 0 aromatic heterocycles. The maximum Gasteiger partial charge on any atom is 0.331 e. The fourth-order valence-corrected chi connectivity index (χ4v) is 1.25. The van der Waals surface area contributed by atoms with E-state index in [4.69, 9.17) is 9.84 Å². The Morgan fingerprint density at radius 2 is 2.12 bits per heavy atom. The lowest BCUT2D eigenvalue weighted by Gasteiger charge is -2.06. The van der Waals surface area contributed by atoms with Gasteiger partial charge in [0.15, 0.2) is 0 Å². The zero-order valence-corrected chi connectivity index (χ0v) is 11.2. The van der Waals surface area contributed by atoms with Crippen molar-refractivity contribution in [1.82, 2.24) is 5.32 Å². The molecule has 0 fully saturated rings. The molecule has 0 heterocycles. The average molecular weight is 243 g/mol. The van der Waals surface area contributed by atoms with Gasteiger partial charge in [-0.25, -0.2) is 4.79 Å². The van der Waals surface area contributed by atoms with Crippen LogP contribution in [0.5, 0.6) is 0 Å². The summed E-state index contributed by atoms with van der Waals surface area (Å²) in [5.41, 5.74) is 0.457. The lowest BCUT2D eigenvalue weighted by Crippen LogP contribution is -2.21. The van der Waals surface area contributed by atoms with E-state index in [1.54, 1.807) is 6.08 Å². The number of nitrogens with one attached hydrogen (secondary N) is 1. The third-order valence-electron chi connectivity index (χ3n) is 2.41. The van der Waals surface area contributed by atoms with Gasteiger partial charge in [0, 0.05) is 25.3 Å². The predicted molar refractivity (Wildman–Crippen MR) is 69.2 cm³/mol. The van der Waals surface area contributed by atoms with Crippen molar-refractivity contribution in [3.8, 4) is 0 Å². The minimum absolute atomic E-state index is 0.457. The first-order valence-electron chi connectivity index (χ1n) is 6.28. The van der Waals surface area contributed by atoms with Crippen LogP contribution in [0, 0.1) is 5.92 Å². The Labute approximate surface area is 104 Å². The van der Waals surface area contributed by atoms with Crippen LogP contribution in [0.2, 0.25) is 0 Å². The topological polar surface area (TPSA) is 58.6 Å². The van der Waals surface area contributed by atoms with Crippen molar-refractivity contribution in [3.05, 3.63) is 11.6 Å². The quantitative estimate of drug-likeness (QED) is 0.455. The highest BCUT2D eigenvalue weighted by atomic mass is 16.5. The molecule has 100 valence electrons. The van der Waals surface area contributed by atoms with Gasteiger partial charge in [-0.15, -0.1) is 0 Å². The van der Waals surface area contributed by atoms with E-state index < -0.39 is 5.97 Å². The van der Waals surface area contributed by atoms with Crippen molar-refractivity contribution in [2.75, 3.05) is 26.3 Å². The summed E-state index contributed by atoms with van der Waals surface area (Å²) in [5.74, 6) is -0.156. The molecule has 0 rings (SSSR count). The first-order chi connectivity index (χ1) is 8.07. The van der Waals surface area contributed by atoms with Crippen LogP contribution in [0.15, 0.2) is 11.6 Å². The van der Waals surface area contributed by atoms with Crippen molar-refractivity contribution < 1.29 is 14.6 Å². The molecule has 0 aliphatic carbocycles. The molecule has 0 amide bonds. The molecular weight excluding hydrogens is 218 g/mol. The molecule has 0 radical (unpaired) electrons. The molecule has 2 N–H and O–H groups in total. The minimum atomic E-state index is -0.831. The molecule has 0 bridgehead atoms. The van der Waals surface area contributed by atoms with Crippen LogP contribution in [-0.2, 0) is 9.53 Å². The van der Waals surface area contributed by atoms with Crippen LogP contribution in [0.1, 0.15) is 33.6 Å². The lowest BCUT2D eigenvalue weighted by molar-refractivity contribution is -0.132. The van der Waals surface area contributed by atoms with E-state index in [-0.39, 0.29) is 0 Å². The van der Waals surface area contributed by atoms with Crippen LogP contribution >= 0.6 is 0 Å². The highest BCUT2D eigenvalue weighted by Crippen LogP contribution is 1.99. The molecule has 0 aromatic rings. The molecule has 0 atom stereocenters. The van der Waals surface area contributed by atoms with Crippen molar-refractivity contribution in [3.63, 3.8) is 0 Å². The van der Waals surface area contributed by atoms with Gasteiger partial charge in [0.2, 0.25) is 0 Å². The molecule has 0 spiro atoms. The summed E-state index contributed by atoms with van der Waals surface area (Å²) >= 11 is 0. The molecule has 4 nitrogen and oxygen atoms in total. The standard InChI is InChI=1S/C13H25NO3/c1-4-12(13(15)16)5-7-14-8-10-17-9-6-11(2)3/h5,11,14H,4,6-10H2,1-3H3,(H,15,16). The van der Waals surface area contributed by atoms with Crippen LogP contribution in [0.4, 0.5) is 0 Å². The maximum absolute atomic E-state index is 10.7. The van der Waals surface area contributed by atoms with Crippen molar-refractivity contribution in [2.24, 2.45) is 5.92 Å². The number of hydrogen-bond acceptors (Lipinski definition) is 3. The zero-order valence-electron chi connectivity index (χ0n) is 11.2. The third kappa shape index (κ3) is 10.0. The summed E-state index contributed by atoms with van der Waals surface area (Å²) in [7, 11) is 0. The van der Waals surface area contributed by atoms with Gasteiger partial charge >= 0.3 is 5.97 Å². The second-order valence-corrected chi connectivity index (χ2v) is 4.39. The molecule has 0 saturated carbocycles. The number of ether oxygens (including phenoxy) is 1. The van der Waals surface area contributed by atoms with Gasteiger partial charge in [0.25, 0.3) is 0 Å². The van der Waals surface area contributed by atoms with Crippen LogP contribution < -0.4 is 5.32 Å². The lowest BCUT2D eigenvalue weighted by atomic mass is 10.1. The monoisotopic (exact) mass is 243 g/mol. The van der Waals surface area contributed by atoms with Gasteiger partial charge in [0.05, 0.1) is 6.61 Å². The highest BCUT2D eigenvalue weighted by Gasteiger charge is 2.02. The normalized spacial score (nSPS) is 12.1. The van der Waals surface area contributed by atoms with Crippen molar-refractivity contribution >= 4 is 5.97 Å². The van der Waals surface area contributed by atoms with Crippen molar-refractivity contribution in [2.45, 2.75) is 33.6 Å². The molecule has 0 aliphatic heterocycles. The number of hydrogen-bond donors (Lipinski definition) is 2. The maximum atomic E-state index is 10.7. The Kier molecular flexibility index (Phi) is 9.77. The van der Waals surface area contributed by atoms with Crippen LogP contribution in [0.25, 0.3) is 0 Å². The zero-order chi connectivity index (χ0) is 13.1. The van der Waals surface area contributed by atoms with E-state index in [9.17, 15) is 4.79 Å². The SMILES string of the molecule is CCC(=CCNCCOCCC(C)C)C(=O)O. The molecule has 0 aromatic carbocycles. The molecule has 0 saturated heterocycles. The number of carbonyl (C=O) groups is 1. The summed E-state index contributed by atoms with van der Waals surface area (Å²) in [5, 5.41) is 11.9. The van der Waals surface area contributed by atoms with E-state index in [1.807, 2.05) is 6.92 Å². The van der Waals surface area contributed by atoms with Gasteiger partial charge < -0.3 is 15.2 Å².